The Bertz CT molecular complexity index is 350. The lowest BCUT2D eigenvalue weighted by Gasteiger charge is -2.31. The maximum absolute atomic E-state index is 11.7. The average molecular weight is 314 g/mol. The molecule has 22 heavy (non-hydrogen) atoms. The molecule has 0 saturated heterocycles. The Morgan fingerprint density at radius 1 is 0.727 bits per heavy atom. The summed E-state index contributed by atoms with van der Waals surface area (Å²) in [5.41, 5.74) is -0.973. The Kier molecular flexibility index (Phi) is 6.08. The van der Waals surface area contributed by atoms with Crippen LogP contribution in [0.15, 0.2) is 0 Å². The minimum atomic E-state index is -0.487. The largest absolute Gasteiger partial charge is 0.444 e. The summed E-state index contributed by atoms with van der Waals surface area (Å²) in [6.07, 6.45) is 2.52. The topological polar surface area (TPSA) is 76.7 Å². The summed E-state index contributed by atoms with van der Waals surface area (Å²) in [6, 6.07) is 0.207. The van der Waals surface area contributed by atoms with Gasteiger partial charge in [0, 0.05) is 12.1 Å². The van der Waals surface area contributed by atoms with Crippen molar-refractivity contribution in [1.29, 1.82) is 0 Å². The van der Waals surface area contributed by atoms with E-state index in [0.29, 0.717) is 0 Å². The van der Waals surface area contributed by atoms with Crippen LogP contribution in [-0.2, 0) is 9.47 Å². The van der Waals surface area contributed by atoms with Crippen LogP contribution in [0.5, 0.6) is 0 Å². The lowest BCUT2D eigenvalue weighted by molar-refractivity contribution is 0.0447. The Morgan fingerprint density at radius 3 is 1.23 bits per heavy atom. The fourth-order valence-corrected chi connectivity index (χ4v) is 2.33. The van der Waals surface area contributed by atoms with E-state index in [1.807, 2.05) is 41.5 Å². The highest BCUT2D eigenvalue weighted by Gasteiger charge is 2.26. The fraction of sp³-hybridized carbons (Fsp3) is 0.875. The average Bonchev–Trinajstić information content (AvgIpc) is 2.26. The van der Waals surface area contributed by atoms with Crippen molar-refractivity contribution < 1.29 is 19.1 Å². The minimum absolute atomic E-state index is 0.103. The molecule has 0 aromatic heterocycles. The number of carbonyl (C=O) groups is 2. The van der Waals surface area contributed by atoms with E-state index in [2.05, 4.69) is 10.6 Å². The van der Waals surface area contributed by atoms with E-state index >= 15 is 0 Å². The van der Waals surface area contributed by atoms with Crippen LogP contribution in [0, 0.1) is 0 Å². The monoisotopic (exact) mass is 314 g/mol. The SMILES string of the molecule is CC(C)(C)OC(=O)N[C@H]1CC[C@@H](NC(=O)OC(C)(C)C)CC1. The van der Waals surface area contributed by atoms with E-state index in [1.165, 1.54) is 0 Å². The molecule has 1 aliphatic rings. The molecule has 0 bridgehead atoms. The maximum Gasteiger partial charge on any atom is 0.407 e. The van der Waals surface area contributed by atoms with Gasteiger partial charge in [0.15, 0.2) is 0 Å². The van der Waals surface area contributed by atoms with Gasteiger partial charge in [-0.05, 0) is 67.2 Å². The van der Waals surface area contributed by atoms with Crippen LogP contribution in [0.4, 0.5) is 9.59 Å². The molecule has 6 nitrogen and oxygen atoms in total. The van der Waals surface area contributed by atoms with Gasteiger partial charge in [0.25, 0.3) is 0 Å². The molecule has 1 aliphatic carbocycles. The summed E-state index contributed by atoms with van der Waals surface area (Å²) in [6.45, 7) is 11.0. The molecule has 0 atom stereocenters. The Labute approximate surface area is 133 Å². The lowest BCUT2D eigenvalue weighted by atomic mass is 9.91. The first kappa shape index (κ1) is 18.6. The summed E-state index contributed by atoms with van der Waals surface area (Å²) >= 11 is 0. The van der Waals surface area contributed by atoms with Crippen LogP contribution in [0.3, 0.4) is 0 Å². The standard InChI is InChI=1S/C16H30N2O4/c1-15(2,3)21-13(19)17-11-7-9-12(10-8-11)18-14(20)22-16(4,5)6/h11-12H,7-10H2,1-6H3,(H,17,19)(H,18,20)/t11-,12+. The zero-order chi connectivity index (χ0) is 17.0. The van der Waals surface area contributed by atoms with E-state index in [-0.39, 0.29) is 24.3 Å². The fourth-order valence-electron chi connectivity index (χ4n) is 2.33. The number of rotatable bonds is 2. The second-order valence-corrected chi connectivity index (χ2v) is 7.84. The van der Waals surface area contributed by atoms with Gasteiger partial charge in [-0.15, -0.1) is 0 Å². The predicted molar refractivity (Wildman–Crippen MR) is 84.8 cm³/mol. The molecule has 0 aromatic rings. The molecule has 0 radical (unpaired) electrons. The molecule has 0 aliphatic heterocycles. The molecule has 128 valence electrons. The molecular formula is C16H30N2O4. The molecule has 1 saturated carbocycles. The first-order valence-corrected chi connectivity index (χ1v) is 7.94. The third-order valence-corrected chi connectivity index (χ3v) is 3.17. The highest BCUT2D eigenvalue weighted by molar-refractivity contribution is 5.68. The molecule has 1 rings (SSSR count). The first-order chi connectivity index (χ1) is 9.94. The first-order valence-electron chi connectivity index (χ1n) is 7.94. The van der Waals surface area contributed by atoms with Gasteiger partial charge in [-0.25, -0.2) is 9.59 Å². The summed E-state index contributed by atoms with van der Waals surface area (Å²) in [5, 5.41) is 5.76. The van der Waals surface area contributed by atoms with Crippen LogP contribution < -0.4 is 10.6 Å². The normalized spacial score (nSPS) is 22.6. The molecule has 2 N–H and O–H groups in total. The molecule has 0 heterocycles. The number of nitrogens with one attached hydrogen (secondary N) is 2. The highest BCUT2D eigenvalue weighted by atomic mass is 16.6. The number of ether oxygens (including phenoxy) is 2. The summed E-state index contributed by atoms with van der Waals surface area (Å²) < 4.78 is 10.5. The molecule has 2 amide bonds. The molecule has 0 aromatic carbocycles. The van der Waals surface area contributed by atoms with Crippen LogP contribution in [-0.4, -0.2) is 35.5 Å². The van der Waals surface area contributed by atoms with Gasteiger partial charge in [-0.1, -0.05) is 0 Å². The van der Waals surface area contributed by atoms with E-state index < -0.39 is 11.2 Å². The van der Waals surface area contributed by atoms with Gasteiger partial charge in [0.1, 0.15) is 11.2 Å². The molecule has 1 fully saturated rings. The zero-order valence-electron chi connectivity index (χ0n) is 14.6. The van der Waals surface area contributed by atoms with Crippen molar-refractivity contribution in [1.82, 2.24) is 10.6 Å². The second-order valence-electron chi connectivity index (χ2n) is 7.84. The number of alkyl carbamates (subject to hydrolysis) is 2. The van der Waals surface area contributed by atoms with Crippen LogP contribution in [0.1, 0.15) is 67.2 Å². The second kappa shape index (κ2) is 7.20. The Balaban J connectivity index is 2.29. The van der Waals surface area contributed by atoms with Gasteiger partial charge < -0.3 is 20.1 Å². The molecular weight excluding hydrogens is 284 g/mol. The summed E-state index contributed by atoms with van der Waals surface area (Å²) in [4.78, 5) is 23.4. The summed E-state index contributed by atoms with van der Waals surface area (Å²) in [7, 11) is 0. The zero-order valence-corrected chi connectivity index (χ0v) is 14.6. The van der Waals surface area contributed by atoms with Crippen molar-refractivity contribution in [3.8, 4) is 0 Å². The highest BCUT2D eigenvalue weighted by Crippen LogP contribution is 2.20. The van der Waals surface area contributed by atoms with Gasteiger partial charge in [-0.3, -0.25) is 0 Å². The van der Waals surface area contributed by atoms with E-state index in [0.717, 1.165) is 25.7 Å². The number of amides is 2. The van der Waals surface area contributed by atoms with E-state index in [9.17, 15) is 9.59 Å². The van der Waals surface area contributed by atoms with Gasteiger partial charge in [0.2, 0.25) is 0 Å². The number of hydrogen-bond acceptors (Lipinski definition) is 4. The van der Waals surface area contributed by atoms with Crippen molar-refractivity contribution >= 4 is 12.2 Å². The quantitative estimate of drug-likeness (QED) is 0.819. The van der Waals surface area contributed by atoms with Gasteiger partial charge in [0.05, 0.1) is 0 Å². The molecule has 0 spiro atoms. The van der Waals surface area contributed by atoms with Crippen molar-refractivity contribution in [3.05, 3.63) is 0 Å². The number of hydrogen-bond donors (Lipinski definition) is 2. The van der Waals surface area contributed by atoms with Crippen molar-refractivity contribution in [3.63, 3.8) is 0 Å². The van der Waals surface area contributed by atoms with Gasteiger partial charge in [-0.2, -0.15) is 0 Å². The summed E-state index contributed by atoms with van der Waals surface area (Å²) in [5.74, 6) is 0. The van der Waals surface area contributed by atoms with Crippen molar-refractivity contribution in [2.75, 3.05) is 0 Å². The van der Waals surface area contributed by atoms with Crippen molar-refractivity contribution in [2.24, 2.45) is 0 Å². The van der Waals surface area contributed by atoms with E-state index in [4.69, 9.17) is 9.47 Å². The van der Waals surface area contributed by atoms with Crippen molar-refractivity contribution in [2.45, 2.75) is 90.5 Å². The smallest absolute Gasteiger partial charge is 0.407 e. The van der Waals surface area contributed by atoms with Crippen LogP contribution >= 0.6 is 0 Å². The predicted octanol–water partition coefficient (Wildman–Crippen LogP) is 3.35. The van der Waals surface area contributed by atoms with Crippen LogP contribution in [0.25, 0.3) is 0 Å². The van der Waals surface area contributed by atoms with E-state index in [1.54, 1.807) is 0 Å². The maximum atomic E-state index is 11.7. The van der Waals surface area contributed by atoms with Crippen LogP contribution in [0.2, 0.25) is 0 Å². The number of carbonyl (C=O) groups excluding carboxylic acids is 2. The molecule has 6 heteroatoms. The lowest BCUT2D eigenvalue weighted by Crippen LogP contribution is -2.46. The Morgan fingerprint density at radius 2 is 1.00 bits per heavy atom. The van der Waals surface area contributed by atoms with Gasteiger partial charge >= 0.3 is 12.2 Å². The molecule has 0 unspecified atom stereocenters. The Hall–Kier alpha value is -1.46. The minimum Gasteiger partial charge on any atom is -0.444 e. The third kappa shape index (κ3) is 8.10. The third-order valence-electron chi connectivity index (χ3n) is 3.17.